The molecule has 0 saturated heterocycles. The number of anilines is 1. The van der Waals surface area contributed by atoms with Crippen LogP contribution in [-0.4, -0.2) is 27.3 Å². The number of amides is 1. The van der Waals surface area contributed by atoms with Crippen LogP contribution < -0.4 is 10.1 Å². The number of carbonyl (C=O) groups excluding carboxylic acids is 1. The molecule has 0 fully saturated rings. The van der Waals surface area contributed by atoms with Gasteiger partial charge in [0.15, 0.2) is 0 Å². The van der Waals surface area contributed by atoms with Gasteiger partial charge in [0.1, 0.15) is 16.6 Å². The Kier molecular flexibility index (Phi) is 6.20. The predicted molar refractivity (Wildman–Crippen MR) is 119 cm³/mol. The molecule has 0 saturated carbocycles. The van der Waals surface area contributed by atoms with Crippen molar-refractivity contribution in [1.82, 2.24) is 14.8 Å². The van der Waals surface area contributed by atoms with Crippen LogP contribution in [0.5, 0.6) is 5.75 Å². The number of nitrogens with zero attached hydrogens (tertiary/aromatic N) is 3. The van der Waals surface area contributed by atoms with Gasteiger partial charge in [0.2, 0.25) is 5.91 Å². The van der Waals surface area contributed by atoms with E-state index < -0.39 is 0 Å². The first-order valence-corrected chi connectivity index (χ1v) is 10.6. The molecule has 4 rings (SSSR count). The molecule has 152 valence electrons. The summed E-state index contributed by atoms with van der Waals surface area (Å²) >= 11 is 1.51. The summed E-state index contributed by atoms with van der Waals surface area (Å²) in [4.78, 5) is 17.2. The monoisotopic (exact) mass is 418 g/mol. The third kappa shape index (κ3) is 4.75. The fourth-order valence-electron chi connectivity index (χ4n) is 3.11. The third-order valence-electron chi connectivity index (χ3n) is 4.47. The Morgan fingerprint density at radius 1 is 1.10 bits per heavy atom. The van der Waals surface area contributed by atoms with E-state index in [9.17, 15) is 4.79 Å². The zero-order chi connectivity index (χ0) is 20.8. The molecule has 0 bridgehead atoms. The zero-order valence-corrected chi connectivity index (χ0v) is 17.4. The number of ether oxygens (including phenoxy) is 1. The Morgan fingerprint density at radius 3 is 2.73 bits per heavy atom. The molecule has 0 spiro atoms. The van der Waals surface area contributed by atoms with E-state index in [0.717, 1.165) is 27.6 Å². The minimum atomic E-state index is -0.125. The topological polar surface area (TPSA) is 69.0 Å². The number of hydrogen-bond donors (Lipinski definition) is 1. The number of carbonyl (C=O) groups is 1. The van der Waals surface area contributed by atoms with Gasteiger partial charge in [-0.25, -0.2) is 9.67 Å². The molecule has 0 aliphatic heterocycles. The summed E-state index contributed by atoms with van der Waals surface area (Å²) in [5.41, 5.74) is 2.79. The lowest BCUT2D eigenvalue weighted by atomic mass is 10.2. The van der Waals surface area contributed by atoms with Gasteiger partial charge in [0, 0.05) is 11.4 Å². The number of benzene rings is 2. The van der Waals surface area contributed by atoms with Gasteiger partial charge in [-0.2, -0.15) is 5.10 Å². The van der Waals surface area contributed by atoms with Crippen LogP contribution in [-0.2, 0) is 17.8 Å². The van der Waals surface area contributed by atoms with E-state index in [1.165, 1.54) is 11.3 Å². The lowest BCUT2D eigenvalue weighted by molar-refractivity contribution is -0.115. The lowest BCUT2D eigenvalue weighted by Crippen LogP contribution is -2.18. The van der Waals surface area contributed by atoms with Crippen molar-refractivity contribution in [3.8, 4) is 16.3 Å². The van der Waals surface area contributed by atoms with Crippen LogP contribution in [0, 0.1) is 0 Å². The molecule has 0 unspecified atom stereocenters. The van der Waals surface area contributed by atoms with Crippen molar-refractivity contribution in [2.24, 2.45) is 0 Å². The normalized spacial score (nSPS) is 10.7. The van der Waals surface area contributed by atoms with Crippen LogP contribution in [0.25, 0.3) is 10.6 Å². The maximum absolute atomic E-state index is 12.6. The second-order valence-electron chi connectivity index (χ2n) is 6.66. The Hall–Kier alpha value is -3.45. The summed E-state index contributed by atoms with van der Waals surface area (Å²) in [7, 11) is 0. The molecule has 6 nitrogen and oxygen atoms in total. The van der Waals surface area contributed by atoms with E-state index in [-0.39, 0.29) is 12.3 Å². The van der Waals surface area contributed by atoms with Crippen molar-refractivity contribution in [2.45, 2.75) is 19.9 Å². The minimum absolute atomic E-state index is 0.125. The Balaban J connectivity index is 1.42. The van der Waals surface area contributed by atoms with Crippen LogP contribution >= 0.6 is 11.3 Å². The van der Waals surface area contributed by atoms with Gasteiger partial charge in [-0.05, 0) is 24.6 Å². The highest BCUT2D eigenvalue weighted by Crippen LogP contribution is 2.32. The van der Waals surface area contributed by atoms with E-state index in [1.807, 2.05) is 66.9 Å². The van der Waals surface area contributed by atoms with E-state index in [2.05, 4.69) is 15.4 Å². The van der Waals surface area contributed by atoms with Gasteiger partial charge in [0.05, 0.1) is 37.0 Å². The summed E-state index contributed by atoms with van der Waals surface area (Å²) in [6.07, 6.45) is 1.88. The molecule has 1 amide bonds. The standard InChI is InChI=1S/C23H22N4O2S/c1-2-29-20-11-7-6-10-19(20)23-25-18(16-30-23)14-22(28)26-21-12-13-24-27(21)15-17-8-4-3-5-9-17/h3-13,16H,2,14-15H2,1H3,(H,26,28). The van der Waals surface area contributed by atoms with Gasteiger partial charge in [-0.3, -0.25) is 4.79 Å². The number of rotatable bonds is 8. The molecule has 2 heterocycles. The minimum Gasteiger partial charge on any atom is -0.493 e. The van der Waals surface area contributed by atoms with Crippen LogP contribution in [0.15, 0.2) is 72.2 Å². The van der Waals surface area contributed by atoms with E-state index >= 15 is 0 Å². The average molecular weight is 419 g/mol. The number of thiazole rings is 1. The Bertz CT molecular complexity index is 1120. The van der Waals surface area contributed by atoms with Crippen LogP contribution in [0.1, 0.15) is 18.2 Å². The molecule has 4 aromatic rings. The first-order valence-electron chi connectivity index (χ1n) is 9.75. The number of para-hydroxylation sites is 1. The zero-order valence-electron chi connectivity index (χ0n) is 16.6. The number of nitrogens with one attached hydrogen (secondary N) is 1. The van der Waals surface area contributed by atoms with Gasteiger partial charge in [-0.1, -0.05) is 42.5 Å². The second-order valence-corrected chi connectivity index (χ2v) is 7.52. The maximum Gasteiger partial charge on any atom is 0.231 e. The van der Waals surface area contributed by atoms with Gasteiger partial charge >= 0.3 is 0 Å². The predicted octanol–water partition coefficient (Wildman–Crippen LogP) is 4.63. The first-order chi connectivity index (χ1) is 14.7. The Labute approximate surface area is 179 Å². The maximum atomic E-state index is 12.6. The summed E-state index contributed by atoms with van der Waals surface area (Å²) in [6.45, 7) is 3.14. The molecular formula is C23H22N4O2S. The van der Waals surface area contributed by atoms with Crippen molar-refractivity contribution in [3.05, 3.63) is 83.5 Å². The van der Waals surface area contributed by atoms with Crippen molar-refractivity contribution in [1.29, 1.82) is 0 Å². The van der Waals surface area contributed by atoms with Crippen molar-refractivity contribution >= 4 is 23.1 Å². The van der Waals surface area contributed by atoms with Crippen LogP contribution in [0.3, 0.4) is 0 Å². The van der Waals surface area contributed by atoms with Crippen LogP contribution in [0.4, 0.5) is 5.82 Å². The molecule has 30 heavy (non-hydrogen) atoms. The molecule has 1 N–H and O–H groups in total. The fourth-order valence-corrected chi connectivity index (χ4v) is 3.96. The third-order valence-corrected chi connectivity index (χ3v) is 5.39. The van der Waals surface area contributed by atoms with Gasteiger partial charge < -0.3 is 10.1 Å². The fraction of sp³-hybridized carbons (Fsp3) is 0.174. The summed E-state index contributed by atoms with van der Waals surface area (Å²) < 4.78 is 7.47. The quantitative estimate of drug-likeness (QED) is 0.453. The highest BCUT2D eigenvalue weighted by atomic mass is 32.1. The molecule has 7 heteroatoms. The summed E-state index contributed by atoms with van der Waals surface area (Å²) in [6, 6.07) is 19.6. The van der Waals surface area contributed by atoms with Crippen molar-refractivity contribution in [2.75, 3.05) is 11.9 Å². The van der Waals surface area contributed by atoms with E-state index in [1.54, 1.807) is 16.9 Å². The molecule has 0 aliphatic carbocycles. The SMILES string of the molecule is CCOc1ccccc1-c1nc(CC(=O)Nc2ccnn2Cc2ccccc2)cs1. The Morgan fingerprint density at radius 2 is 1.90 bits per heavy atom. The number of aromatic nitrogens is 3. The summed E-state index contributed by atoms with van der Waals surface area (Å²) in [5, 5.41) is 10.0. The van der Waals surface area contributed by atoms with Crippen LogP contribution in [0.2, 0.25) is 0 Å². The molecule has 0 aliphatic rings. The smallest absolute Gasteiger partial charge is 0.231 e. The van der Waals surface area contributed by atoms with E-state index in [0.29, 0.717) is 19.0 Å². The molecule has 2 aromatic heterocycles. The van der Waals surface area contributed by atoms with E-state index in [4.69, 9.17) is 4.74 Å². The molecule has 2 aromatic carbocycles. The number of hydrogen-bond acceptors (Lipinski definition) is 5. The highest BCUT2D eigenvalue weighted by molar-refractivity contribution is 7.13. The second kappa shape index (κ2) is 9.37. The highest BCUT2D eigenvalue weighted by Gasteiger charge is 2.14. The molecular weight excluding hydrogens is 396 g/mol. The van der Waals surface area contributed by atoms with Gasteiger partial charge in [0.25, 0.3) is 0 Å². The largest absolute Gasteiger partial charge is 0.493 e. The lowest BCUT2D eigenvalue weighted by Gasteiger charge is -2.09. The molecule has 0 radical (unpaired) electrons. The average Bonchev–Trinajstić information content (AvgIpc) is 3.39. The van der Waals surface area contributed by atoms with Gasteiger partial charge in [-0.15, -0.1) is 11.3 Å². The molecule has 0 atom stereocenters. The van der Waals surface area contributed by atoms with Crippen molar-refractivity contribution < 1.29 is 9.53 Å². The van der Waals surface area contributed by atoms with Crippen molar-refractivity contribution in [3.63, 3.8) is 0 Å². The first kappa shape index (κ1) is 19.8. The summed E-state index contributed by atoms with van der Waals surface area (Å²) in [5.74, 6) is 1.34.